The van der Waals surface area contributed by atoms with Gasteiger partial charge in [0.05, 0.1) is 11.8 Å². The third kappa shape index (κ3) is 6.10. The third-order valence-corrected chi connectivity index (χ3v) is 8.01. The van der Waals surface area contributed by atoms with E-state index in [1.54, 1.807) is 13.1 Å². The second-order valence-electron chi connectivity index (χ2n) is 9.22. The second-order valence-corrected chi connectivity index (χ2v) is 11.0. The van der Waals surface area contributed by atoms with Gasteiger partial charge < -0.3 is 4.74 Å². The average Bonchev–Trinajstić information content (AvgIpc) is 3.41. The normalized spacial score (nSPS) is 17.8. The van der Waals surface area contributed by atoms with Crippen molar-refractivity contribution in [3.05, 3.63) is 77.1 Å². The minimum absolute atomic E-state index is 0.0838. The Kier molecular flexibility index (Phi) is 7.75. The maximum atomic E-state index is 13.2. The van der Waals surface area contributed by atoms with Crippen molar-refractivity contribution in [3.8, 4) is 5.75 Å². The molecule has 0 bridgehead atoms. The van der Waals surface area contributed by atoms with Crippen molar-refractivity contribution in [1.29, 1.82) is 0 Å². The van der Waals surface area contributed by atoms with Crippen molar-refractivity contribution in [2.75, 3.05) is 13.2 Å². The van der Waals surface area contributed by atoms with Crippen LogP contribution in [0.2, 0.25) is 0 Å². The summed E-state index contributed by atoms with van der Waals surface area (Å²) in [4.78, 5) is 0.0851. The summed E-state index contributed by atoms with van der Waals surface area (Å²) in [5.74, 6) is 1.05. The lowest BCUT2D eigenvalue weighted by molar-refractivity contribution is -0.137. The molecule has 6 nitrogen and oxygen atoms in total. The lowest BCUT2D eigenvalue weighted by atomic mass is 9.84. The first kappa shape index (κ1) is 26.2. The van der Waals surface area contributed by atoms with Gasteiger partial charge in [-0.2, -0.15) is 18.3 Å². The summed E-state index contributed by atoms with van der Waals surface area (Å²) in [6.45, 7) is 2.33. The lowest BCUT2D eigenvalue weighted by Gasteiger charge is -2.21. The SMILES string of the molecule is CCCC1Cc2ccc(OCCNS(=O)(=O)c3cnn(C)c3)cc2C1Cc1cccc(C(F)(F)F)c1. The van der Waals surface area contributed by atoms with Crippen molar-refractivity contribution in [3.63, 3.8) is 0 Å². The lowest BCUT2D eigenvalue weighted by Crippen LogP contribution is -2.28. The highest BCUT2D eigenvalue weighted by molar-refractivity contribution is 7.89. The second kappa shape index (κ2) is 10.6. The van der Waals surface area contributed by atoms with Gasteiger partial charge in [0.15, 0.2) is 0 Å². The molecule has 1 aromatic heterocycles. The van der Waals surface area contributed by atoms with Gasteiger partial charge >= 0.3 is 6.18 Å². The molecule has 0 amide bonds. The summed E-state index contributed by atoms with van der Waals surface area (Å²) in [6, 6.07) is 11.4. The maximum Gasteiger partial charge on any atom is 0.416 e. The fraction of sp³-hybridized carbons (Fsp3) is 0.423. The van der Waals surface area contributed by atoms with Crippen molar-refractivity contribution in [1.82, 2.24) is 14.5 Å². The molecule has 1 aliphatic rings. The van der Waals surface area contributed by atoms with Crippen LogP contribution < -0.4 is 9.46 Å². The van der Waals surface area contributed by atoms with Gasteiger partial charge in [0.1, 0.15) is 17.3 Å². The fourth-order valence-corrected chi connectivity index (χ4v) is 5.91. The van der Waals surface area contributed by atoms with Crippen LogP contribution >= 0.6 is 0 Å². The van der Waals surface area contributed by atoms with Crippen molar-refractivity contribution >= 4 is 10.0 Å². The van der Waals surface area contributed by atoms with E-state index in [1.807, 2.05) is 18.2 Å². The Morgan fingerprint density at radius 1 is 1.19 bits per heavy atom. The van der Waals surface area contributed by atoms with Gasteiger partial charge in [0.25, 0.3) is 0 Å². The number of aryl methyl sites for hydroxylation is 1. The number of sulfonamides is 1. The minimum Gasteiger partial charge on any atom is -0.492 e. The number of benzene rings is 2. The molecule has 1 N–H and O–H groups in total. The molecule has 2 unspecified atom stereocenters. The Bertz CT molecular complexity index is 1310. The van der Waals surface area contributed by atoms with Crippen LogP contribution in [0.1, 0.15) is 47.9 Å². The summed E-state index contributed by atoms with van der Waals surface area (Å²) in [6.07, 6.45) is 1.73. The van der Waals surface area contributed by atoms with Crippen molar-refractivity contribution in [2.24, 2.45) is 13.0 Å². The number of aromatic nitrogens is 2. The monoisotopic (exact) mass is 521 g/mol. The Morgan fingerprint density at radius 3 is 2.69 bits per heavy atom. The van der Waals surface area contributed by atoms with E-state index < -0.39 is 21.8 Å². The van der Waals surface area contributed by atoms with Gasteiger partial charge in [-0.25, -0.2) is 13.1 Å². The van der Waals surface area contributed by atoms with E-state index in [4.69, 9.17) is 4.74 Å². The van der Waals surface area contributed by atoms with Gasteiger partial charge in [-0.3, -0.25) is 4.68 Å². The topological polar surface area (TPSA) is 73.2 Å². The van der Waals surface area contributed by atoms with E-state index >= 15 is 0 Å². The number of halogens is 3. The number of nitrogens with one attached hydrogen (secondary N) is 1. The van der Waals surface area contributed by atoms with Crippen LogP contribution in [0.25, 0.3) is 0 Å². The van der Waals surface area contributed by atoms with Gasteiger partial charge in [-0.1, -0.05) is 37.6 Å². The molecule has 0 fully saturated rings. The molecule has 0 spiro atoms. The fourth-order valence-electron chi connectivity index (χ4n) is 4.92. The van der Waals surface area contributed by atoms with Gasteiger partial charge in [0.2, 0.25) is 10.0 Å². The first-order valence-electron chi connectivity index (χ1n) is 12.0. The highest BCUT2D eigenvalue weighted by Gasteiger charge is 2.34. The molecule has 10 heteroatoms. The van der Waals surface area contributed by atoms with E-state index in [2.05, 4.69) is 16.7 Å². The van der Waals surface area contributed by atoms with Crippen LogP contribution in [0.4, 0.5) is 13.2 Å². The summed E-state index contributed by atoms with van der Waals surface area (Å²) in [7, 11) is -2.03. The van der Waals surface area contributed by atoms with Gasteiger partial charge in [-0.15, -0.1) is 0 Å². The highest BCUT2D eigenvalue weighted by Crippen LogP contribution is 2.44. The summed E-state index contributed by atoms with van der Waals surface area (Å²) >= 11 is 0. The molecular formula is C26H30F3N3O3S. The molecule has 0 saturated carbocycles. The minimum atomic E-state index is -4.37. The Hall–Kier alpha value is -2.85. The van der Waals surface area contributed by atoms with Crippen LogP contribution in [-0.2, 0) is 36.1 Å². The number of ether oxygens (including phenoxy) is 1. The van der Waals surface area contributed by atoms with Crippen LogP contribution in [-0.4, -0.2) is 31.3 Å². The Balaban J connectivity index is 1.45. The summed E-state index contributed by atoms with van der Waals surface area (Å²) < 4.78 is 74.1. The predicted octanol–water partition coefficient (Wildman–Crippen LogP) is 5.09. The number of hydrogen-bond donors (Lipinski definition) is 1. The van der Waals surface area contributed by atoms with Crippen molar-refractivity contribution in [2.45, 2.75) is 49.6 Å². The van der Waals surface area contributed by atoms with Crippen molar-refractivity contribution < 1.29 is 26.3 Å². The smallest absolute Gasteiger partial charge is 0.416 e. The first-order chi connectivity index (χ1) is 17.1. The van der Waals surface area contributed by atoms with E-state index in [9.17, 15) is 21.6 Å². The maximum absolute atomic E-state index is 13.2. The number of rotatable bonds is 10. The number of alkyl halides is 3. The molecule has 36 heavy (non-hydrogen) atoms. The standard InChI is InChI=1S/C26H30F3N3O3S/c1-3-5-19-14-20-8-9-22(35-11-10-31-36(33,34)23-16-30-32(2)17-23)15-25(20)24(19)13-18-6-4-7-21(12-18)26(27,28)29/h4,6-9,12,15-17,19,24,31H,3,5,10-11,13-14H2,1-2H3. The van der Waals surface area contributed by atoms with E-state index in [-0.39, 0.29) is 24.0 Å². The zero-order chi connectivity index (χ0) is 25.9. The van der Waals surface area contributed by atoms with E-state index in [0.717, 1.165) is 30.9 Å². The molecule has 0 aliphatic heterocycles. The molecule has 1 heterocycles. The Morgan fingerprint density at radius 2 is 2.00 bits per heavy atom. The number of nitrogens with zero attached hydrogens (tertiary/aromatic N) is 2. The van der Waals surface area contributed by atoms with Gasteiger partial charge in [0, 0.05) is 19.8 Å². The summed E-state index contributed by atoms with van der Waals surface area (Å²) in [5, 5.41) is 3.88. The summed E-state index contributed by atoms with van der Waals surface area (Å²) in [5.41, 5.74) is 2.32. The molecule has 0 saturated heterocycles. The predicted molar refractivity (Wildman–Crippen MR) is 130 cm³/mol. The molecule has 2 atom stereocenters. The average molecular weight is 522 g/mol. The molecule has 1 aliphatic carbocycles. The number of hydrogen-bond acceptors (Lipinski definition) is 4. The quantitative estimate of drug-likeness (QED) is 0.377. The molecule has 0 radical (unpaired) electrons. The van der Waals surface area contributed by atoms with Crippen LogP contribution in [0.3, 0.4) is 0 Å². The Labute approximate surface area is 209 Å². The number of fused-ring (bicyclic) bond motifs is 1. The van der Waals surface area contributed by atoms with Crippen LogP contribution in [0, 0.1) is 5.92 Å². The largest absolute Gasteiger partial charge is 0.492 e. The van der Waals surface area contributed by atoms with Crippen LogP contribution in [0.5, 0.6) is 5.75 Å². The molecular weight excluding hydrogens is 491 g/mol. The molecule has 4 rings (SSSR count). The van der Waals surface area contributed by atoms with Crippen LogP contribution in [0.15, 0.2) is 59.8 Å². The third-order valence-electron chi connectivity index (χ3n) is 6.59. The van der Waals surface area contributed by atoms with Gasteiger partial charge in [-0.05, 0) is 66.0 Å². The van der Waals surface area contributed by atoms with E-state index in [1.165, 1.54) is 34.8 Å². The van der Waals surface area contributed by atoms with E-state index in [0.29, 0.717) is 23.7 Å². The molecule has 2 aromatic carbocycles. The first-order valence-corrected chi connectivity index (χ1v) is 13.4. The zero-order valence-corrected chi connectivity index (χ0v) is 21.1. The zero-order valence-electron chi connectivity index (χ0n) is 20.3. The molecule has 3 aromatic rings. The highest BCUT2D eigenvalue weighted by atomic mass is 32.2. The molecule has 194 valence electrons.